The van der Waals surface area contributed by atoms with Crippen molar-refractivity contribution in [3.63, 3.8) is 0 Å². The van der Waals surface area contributed by atoms with E-state index in [4.69, 9.17) is 0 Å². The lowest BCUT2D eigenvalue weighted by Gasteiger charge is -2.26. The Balaban J connectivity index is 1.90. The number of esters is 2. The van der Waals surface area contributed by atoms with E-state index in [0.29, 0.717) is 13.0 Å². The minimum absolute atomic E-state index is 0.0312. The highest BCUT2D eigenvalue weighted by molar-refractivity contribution is 7.91. The highest BCUT2D eigenvalue weighted by Crippen LogP contribution is 2.20. The normalized spacial score (nSPS) is 30.4. The molecule has 16 heavy (non-hydrogen) atoms. The first-order valence-electron chi connectivity index (χ1n) is 5.11. The first-order chi connectivity index (χ1) is 7.44. The minimum atomic E-state index is -2.90. The third-order valence-electron chi connectivity index (χ3n) is 2.78. The van der Waals surface area contributed by atoms with Gasteiger partial charge in [0.2, 0.25) is 0 Å². The molecule has 0 aromatic carbocycles. The summed E-state index contributed by atoms with van der Waals surface area (Å²) in [7, 11) is -2.90. The van der Waals surface area contributed by atoms with E-state index < -0.39 is 21.8 Å². The van der Waals surface area contributed by atoms with Crippen molar-refractivity contribution in [1.82, 2.24) is 4.90 Å². The van der Waals surface area contributed by atoms with Gasteiger partial charge in [-0.05, 0) is 12.3 Å². The van der Waals surface area contributed by atoms with Crippen LogP contribution >= 0.6 is 0 Å². The van der Waals surface area contributed by atoms with Gasteiger partial charge in [0.15, 0.2) is 9.84 Å². The Morgan fingerprint density at radius 2 is 1.88 bits per heavy atom. The maximum Gasteiger partial charge on any atom is 0.327 e. The molecular weight excluding hydrogens is 234 g/mol. The number of cyclic esters (lactones) is 2. The molecule has 0 amide bonds. The van der Waals surface area contributed by atoms with Crippen molar-refractivity contribution in [1.29, 1.82) is 0 Å². The molecule has 0 aliphatic carbocycles. The summed E-state index contributed by atoms with van der Waals surface area (Å²) in [6.07, 6.45) is 0.613. The first-order valence-corrected chi connectivity index (χ1v) is 6.93. The second kappa shape index (κ2) is 4.14. The third kappa shape index (κ3) is 2.79. The molecule has 0 spiro atoms. The number of morpholine rings is 1. The molecule has 2 aliphatic rings. The molecule has 2 saturated heterocycles. The molecule has 2 rings (SSSR count). The quantitative estimate of drug-likeness (QED) is 0.451. The van der Waals surface area contributed by atoms with Crippen LogP contribution in [-0.4, -0.2) is 56.4 Å². The average molecular weight is 247 g/mol. The van der Waals surface area contributed by atoms with Crippen LogP contribution in [0.1, 0.15) is 6.42 Å². The smallest absolute Gasteiger partial charge is 0.327 e. The van der Waals surface area contributed by atoms with Crippen molar-refractivity contribution in [3.05, 3.63) is 0 Å². The van der Waals surface area contributed by atoms with Gasteiger partial charge in [-0.2, -0.15) is 0 Å². The van der Waals surface area contributed by atoms with Gasteiger partial charge < -0.3 is 4.74 Å². The van der Waals surface area contributed by atoms with Crippen LogP contribution in [0.2, 0.25) is 0 Å². The zero-order valence-corrected chi connectivity index (χ0v) is 9.53. The molecule has 0 aromatic heterocycles. The fraction of sp³-hybridized carbons (Fsp3) is 0.778. The predicted molar refractivity (Wildman–Crippen MR) is 54.3 cm³/mol. The number of rotatable bonds is 2. The number of sulfone groups is 1. The molecule has 1 atom stereocenters. The number of nitrogens with zero attached hydrogens (tertiary/aromatic N) is 1. The van der Waals surface area contributed by atoms with Crippen LogP contribution in [0.3, 0.4) is 0 Å². The van der Waals surface area contributed by atoms with E-state index in [-0.39, 0.29) is 30.5 Å². The Labute approximate surface area is 93.5 Å². The Hall–Kier alpha value is -0.950. The molecule has 0 saturated carbocycles. The van der Waals surface area contributed by atoms with Gasteiger partial charge in [0.1, 0.15) is 0 Å². The van der Waals surface area contributed by atoms with Gasteiger partial charge >= 0.3 is 11.9 Å². The molecule has 0 radical (unpaired) electrons. The van der Waals surface area contributed by atoms with Crippen LogP contribution in [-0.2, 0) is 24.2 Å². The molecule has 0 bridgehead atoms. The lowest BCUT2D eigenvalue weighted by molar-refractivity contribution is -0.166. The van der Waals surface area contributed by atoms with Gasteiger partial charge in [-0.25, -0.2) is 8.42 Å². The summed E-state index contributed by atoms with van der Waals surface area (Å²) in [5, 5.41) is 0. The first kappa shape index (κ1) is 11.5. The highest BCUT2D eigenvalue weighted by atomic mass is 32.2. The zero-order chi connectivity index (χ0) is 11.8. The van der Waals surface area contributed by atoms with E-state index in [1.165, 1.54) is 0 Å². The van der Waals surface area contributed by atoms with Crippen LogP contribution in [0, 0.1) is 5.92 Å². The molecule has 6 nitrogen and oxygen atoms in total. The summed E-state index contributed by atoms with van der Waals surface area (Å²) >= 11 is 0. The van der Waals surface area contributed by atoms with Gasteiger partial charge in [-0.15, -0.1) is 0 Å². The van der Waals surface area contributed by atoms with Gasteiger partial charge in [0.25, 0.3) is 0 Å². The molecule has 7 heteroatoms. The Morgan fingerprint density at radius 1 is 1.25 bits per heavy atom. The number of hydrogen-bond donors (Lipinski definition) is 0. The summed E-state index contributed by atoms with van der Waals surface area (Å²) in [4.78, 5) is 23.6. The number of ether oxygens (including phenoxy) is 1. The van der Waals surface area contributed by atoms with Crippen molar-refractivity contribution in [2.24, 2.45) is 5.92 Å². The molecule has 0 aromatic rings. The maximum absolute atomic E-state index is 11.2. The van der Waals surface area contributed by atoms with Gasteiger partial charge in [-0.1, -0.05) is 0 Å². The number of carbonyl (C=O) groups excluding carboxylic acids is 2. The molecule has 0 N–H and O–H groups in total. The second-order valence-corrected chi connectivity index (χ2v) is 6.51. The van der Waals surface area contributed by atoms with Crippen LogP contribution in [0.15, 0.2) is 0 Å². The summed E-state index contributed by atoms with van der Waals surface area (Å²) in [6, 6.07) is 0. The second-order valence-electron chi connectivity index (χ2n) is 4.28. The van der Waals surface area contributed by atoms with Gasteiger partial charge in [0.05, 0.1) is 24.6 Å². The van der Waals surface area contributed by atoms with Gasteiger partial charge in [-0.3, -0.25) is 14.5 Å². The Bertz CT molecular complexity index is 400. The summed E-state index contributed by atoms with van der Waals surface area (Å²) in [5.41, 5.74) is 0. The average Bonchev–Trinajstić information content (AvgIpc) is 2.43. The standard InChI is InChI=1S/C9H13NO5S/c11-8-4-10(5-9(12)15-8)3-7-1-2-16(13,14)6-7/h7H,1-6H2. The van der Waals surface area contributed by atoms with E-state index in [2.05, 4.69) is 4.74 Å². The van der Waals surface area contributed by atoms with E-state index in [1.807, 2.05) is 0 Å². The highest BCUT2D eigenvalue weighted by Gasteiger charge is 2.32. The lowest BCUT2D eigenvalue weighted by atomic mass is 10.1. The lowest BCUT2D eigenvalue weighted by Crippen LogP contribution is -2.45. The third-order valence-corrected chi connectivity index (χ3v) is 4.61. The van der Waals surface area contributed by atoms with E-state index >= 15 is 0 Å². The molecule has 2 aliphatic heterocycles. The van der Waals surface area contributed by atoms with Crippen molar-refractivity contribution in [2.75, 3.05) is 31.1 Å². The molecular formula is C9H13NO5S. The fourth-order valence-electron chi connectivity index (χ4n) is 2.12. The summed E-state index contributed by atoms with van der Waals surface area (Å²) in [5.74, 6) is -0.714. The number of carbonyl (C=O) groups is 2. The van der Waals surface area contributed by atoms with Crippen LogP contribution in [0.25, 0.3) is 0 Å². The van der Waals surface area contributed by atoms with E-state index in [0.717, 1.165) is 0 Å². The SMILES string of the molecule is O=C1CN(CC2CCS(=O)(=O)C2)CC(=O)O1. The zero-order valence-electron chi connectivity index (χ0n) is 8.72. The molecule has 2 heterocycles. The van der Waals surface area contributed by atoms with Crippen molar-refractivity contribution < 1.29 is 22.7 Å². The van der Waals surface area contributed by atoms with Crippen LogP contribution in [0.5, 0.6) is 0 Å². The van der Waals surface area contributed by atoms with Crippen LogP contribution in [0.4, 0.5) is 0 Å². The molecule has 1 unspecified atom stereocenters. The number of hydrogen-bond acceptors (Lipinski definition) is 6. The van der Waals surface area contributed by atoms with Crippen molar-refractivity contribution in [2.45, 2.75) is 6.42 Å². The largest absolute Gasteiger partial charge is 0.391 e. The summed E-state index contributed by atoms with van der Waals surface area (Å²) in [6.45, 7) is 0.616. The monoisotopic (exact) mass is 247 g/mol. The molecule has 2 fully saturated rings. The summed E-state index contributed by atoms with van der Waals surface area (Å²) < 4.78 is 26.9. The topological polar surface area (TPSA) is 80.8 Å². The molecule has 90 valence electrons. The Kier molecular flexibility index (Phi) is 2.98. The van der Waals surface area contributed by atoms with Crippen molar-refractivity contribution in [3.8, 4) is 0 Å². The van der Waals surface area contributed by atoms with E-state index in [1.54, 1.807) is 4.90 Å². The van der Waals surface area contributed by atoms with E-state index in [9.17, 15) is 18.0 Å². The predicted octanol–water partition coefficient (Wildman–Crippen LogP) is -1.19. The minimum Gasteiger partial charge on any atom is -0.391 e. The fourth-order valence-corrected chi connectivity index (χ4v) is 3.97. The van der Waals surface area contributed by atoms with Crippen LogP contribution < -0.4 is 0 Å². The Morgan fingerprint density at radius 3 is 2.38 bits per heavy atom. The maximum atomic E-state index is 11.2. The van der Waals surface area contributed by atoms with Crippen molar-refractivity contribution >= 4 is 21.8 Å². The van der Waals surface area contributed by atoms with Gasteiger partial charge in [0, 0.05) is 6.54 Å².